The van der Waals surface area contributed by atoms with Crippen LogP contribution in [0.1, 0.15) is 42.2 Å². The van der Waals surface area contributed by atoms with Crippen LogP contribution in [-0.4, -0.2) is 4.98 Å². The van der Waals surface area contributed by atoms with Gasteiger partial charge in [0.2, 0.25) is 0 Å². The van der Waals surface area contributed by atoms with Gasteiger partial charge in [-0.15, -0.1) is 12.4 Å². The van der Waals surface area contributed by atoms with Crippen LogP contribution in [0.25, 0.3) is 10.9 Å². The minimum Gasteiger partial charge on any atom is -0.357 e. The number of fused-ring (bicyclic) bond motifs is 3. The quantitative estimate of drug-likeness (QED) is 0.589. The van der Waals surface area contributed by atoms with Crippen LogP contribution in [0, 0.1) is 0 Å². The summed E-state index contributed by atoms with van der Waals surface area (Å²) in [6.07, 6.45) is 2.31. The number of hydrogen-bond donors (Lipinski definition) is 2. The lowest BCUT2D eigenvalue weighted by Gasteiger charge is -2.20. The van der Waals surface area contributed by atoms with Crippen LogP contribution in [0.2, 0.25) is 0 Å². The van der Waals surface area contributed by atoms with Crippen molar-refractivity contribution in [3.05, 3.63) is 69.8 Å². The van der Waals surface area contributed by atoms with E-state index in [1.165, 1.54) is 34.1 Å². The van der Waals surface area contributed by atoms with Crippen LogP contribution in [0.15, 0.2) is 53.0 Å². The van der Waals surface area contributed by atoms with E-state index >= 15 is 0 Å². The van der Waals surface area contributed by atoms with E-state index in [0.717, 1.165) is 10.9 Å². The van der Waals surface area contributed by atoms with Gasteiger partial charge in [0, 0.05) is 33.2 Å². The largest absolute Gasteiger partial charge is 0.357 e. The maximum Gasteiger partial charge on any atom is 0.0483 e. The normalized spacial score (nSPS) is 17.7. The van der Waals surface area contributed by atoms with Crippen molar-refractivity contribution in [3.63, 3.8) is 0 Å². The van der Waals surface area contributed by atoms with Crippen LogP contribution in [0.4, 0.5) is 0 Å². The zero-order chi connectivity index (χ0) is 15.1. The van der Waals surface area contributed by atoms with E-state index in [0.29, 0.717) is 12.1 Å². The van der Waals surface area contributed by atoms with Crippen molar-refractivity contribution < 1.29 is 0 Å². The van der Waals surface area contributed by atoms with Gasteiger partial charge in [0.15, 0.2) is 0 Å². The Morgan fingerprint density at radius 2 is 1.96 bits per heavy atom. The Morgan fingerprint density at radius 3 is 2.74 bits per heavy atom. The second kappa shape index (κ2) is 6.68. The molecule has 2 nitrogen and oxygen atoms in total. The van der Waals surface area contributed by atoms with E-state index in [4.69, 9.17) is 0 Å². The van der Waals surface area contributed by atoms with Gasteiger partial charge in [0.05, 0.1) is 0 Å². The Morgan fingerprint density at radius 1 is 1.17 bits per heavy atom. The number of H-pyrrole nitrogens is 1. The molecule has 1 aliphatic rings. The maximum atomic E-state index is 3.78. The van der Waals surface area contributed by atoms with Gasteiger partial charge in [-0.3, -0.25) is 0 Å². The fourth-order valence-corrected chi connectivity index (χ4v) is 3.91. The van der Waals surface area contributed by atoms with Crippen molar-refractivity contribution in [2.75, 3.05) is 0 Å². The summed E-state index contributed by atoms with van der Waals surface area (Å²) in [6.45, 7) is 2.24. The maximum absolute atomic E-state index is 3.78. The number of aromatic nitrogens is 1. The lowest BCUT2D eigenvalue weighted by atomic mass is 10.1. The highest BCUT2D eigenvalue weighted by atomic mass is 79.9. The summed E-state index contributed by atoms with van der Waals surface area (Å²) in [5.74, 6) is 0. The van der Waals surface area contributed by atoms with Crippen LogP contribution in [0.5, 0.6) is 0 Å². The number of rotatable bonds is 3. The highest BCUT2D eigenvalue weighted by Gasteiger charge is 2.27. The zero-order valence-corrected chi connectivity index (χ0v) is 15.4. The molecule has 0 amide bonds. The van der Waals surface area contributed by atoms with Crippen molar-refractivity contribution in [3.8, 4) is 0 Å². The van der Waals surface area contributed by atoms with Gasteiger partial charge in [0.25, 0.3) is 0 Å². The van der Waals surface area contributed by atoms with Crippen LogP contribution in [-0.2, 0) is 6.42 Å². The monoisotopic (exact) mass is 390 g/mol. The molecule has 120 valence electrons. The third kappa shape index (κ3) is 3.06. The topological polar surface area (TPSA) is 27.8 Å². The van der Waals surface area contributed by atoms with Crippen molar-refractivity contribution >= 4 is 39.2 Å². The molecule has 1 heterocycles. The Labute approximate surface area is 151 Å². The second-order valence-corrected chi connectivity index (χ2v) is 7.01. The molecular weight excluding hydrogens is 372 g/mol. The molecule has 23 heavy (non-hydrogen) atoms. The Kier molecular flexibility index (Phi) is 4.81. The van der Waals surface area contributed by atoms with Gasteiger partial charge >= 0.3 is 0 Å². The number of hydrogen-bond acceptors (Lipinski definition) is 1. The molecule has 2 atom stereocenters. The molecular formula is C19H20BrClN2. The summed E-state index contributed by atoms with van der Waals surface area (Å²) >= 11 is 3.58. The lowest BCUT2D eigenvalue weighted by molar-refractivity contribution is 0.459. The summed E-state index contributed by atoms with van der Waals surface area (Å²) in [5, 5.41) is 5.15. The molecule has 2 N–H and O–H groups in total. The third-order valence-corrected chi connectivity index (χ3v) is 5.18. The molecule has 1 aliphatic carbocycles. The number of aromatic amines is 1. The zero-order valence-electron chi connectivity index (χ0n) is 13.0. The van der Waals surface area contributed by atoms with Crippen molar-refractivity contribution in [2.24, 2.45) is 0 Å². The summed E-state index contributed by atoms with van der Waals surface area (Å²) in [5.41, 5.74) is 5.44. The highest BCUT2D eigenvalue weighted by molar-refractivity contribution is 9.10. The molecule has 0 saturated carbocycles. The van der Waals surface area contributed by atoms with Gasteiger partial charge in [-0.1, -0.05) is 46.3 Å². The van der Waals surface area contributed by atoms with E-state index in [9.17, 15) is 0 Å². The number of nitrogens with one attached hydrogen (secondary N) is 2. The number of benzene rings is 2. The molecule has 3 aromatic rings. The van der Waals surface area contributed by atoms with Gasteiger partial charge in [0.1, 0.15) is 0 Å². The first-order valence-electron chi connectivity index (χ1n) is 7.83. The smallest absolute Gasteiger partial charge is 0.0483 e. The SMILES string of the molecule is CC(NC1CCc2c1[nH]c1ccc(Br)cc21)c1ccccc1.Cl. The van der Waals surface area contributed by atoms with Gasteiger partial charge < -0.3 is 10.3 Å². The first-order valence-corrected chi connectivity index (χ1v) is 8.62. The predicted molar refractivity (Wildman–Crippen MR) is 102 cm³/mol. The minimum absolute atomic E-state index is 0. The standard InChI is InChI=1S/C19H19BrN2.ClH/c1-12(13-5-3-2-4-6-13)21-18-10-8-15-16-11-14(20)7-9-17(16)22-19(15)18;/h2-7,9,11-12,18,21-22H,8,10H2,1H3;1H. The van der Waals surface area contributed by atoms with Crippen molar-refractivity contribution in [1.82, 2.24) is 10.3 Å². The van der Waals surface area contributed by atoms with Crippen LogP contribution >= 0.6 is 28.3 Å². The van der Waals surface area contributed by atoms with E-state index in [1.54, 1.807) is 0 Å². The summed E-state index contributed by atoms with van der Waals surface area (Å²) < 4.78 is 1.15. The van der Waals surface area contributed by atoms with Gasteiger partial charge in [-0.25, -0.2) is 0 Å². The Balaban J connectivity index is 0.00000156. The summed E-state index contributed by atoms with van der Waals surface area (Å²) in [7, 11) is 0. The second-order valence-electron chi connectivity index (χ2n) is 6.10. The highest BCUT2D eigenvalue weighted by Crippen LogP contribution is 2.38. The first kappa shape index (κ1) is 16.6. The molecule has 4 rings (SSSR count). The average Bonchev–Trinajstić information content (AvgIpc) is 3.08. The molecule has 0 bridgehead atoms. The summed E-state index contributed by atoms with van der Waals surface area (Å²) in [6, 6.07) is 17.9. The molecule has 2 aromatic carbocycles. The average molecular weight is 392 g/mol. The fourth-order valence-electron chi connectivity index (χ4n) is 3.55. The Hall–Kier alpha value is -1.29. The van der Waals surface area contributed by atoms with Gasteiger partial charge in [-0.2, -0.15) is 0 Å². The lowest BCUT2D eigenvalue weighted by Crippen LogP contribution is -2.23. The van der Waals surface area contributed by atoms with Crippen LogP contribution in [0.3, 0.4) is 0 Å². The van der Waals surface area contributed by atoms with Gasteiger partial charge in [-0.05, 0) is 49.1 Å². The summed E-state index contributed by atoms with van der Waals surface area (Å²) in [4.78, 5) is 3.63. The molecule has 4 heteroatoms. The molecule has 2 unspecified atom stereocenters. The molecule has 0 fully saturated rings. The molecule has 0 saturated heterocycles. The van der Waals surface area contributed by atoms with Crippen LogP contribution < -0.4 is 5.32 Å². The number of halogens is 2. The Bertz CT molecular complexity index is 813. The van der Waals surface area contributed by atoms with E-state index < -0.39 is 0 Å². The van der Waals surface area contributed by atoms with E-state index in [-0.39, 0.29) is 12.4 Å². The van der Waals surface area contributed by atoms with E-state index in [1.807, 2.05) is 0 Å². The third-order valence-electron chi connectivity index (χ3n) is 4.68. The first-order chi connectivity index (χ1) is 10.7. The predicted octanol–water partition coefficient (Wildman–Crippen LogP) is 5.69. The van der Waals surface area contributed by atoms with Crippen molar-refractivity contribution in [1.29, 1.82) is 0 Å². The minimum atomic E-state index is 0. The number of aryl methyl sites for hydroxylation is 1. The fraction of sp³-hybridized carbons (Fsp3) is 0.263. The molecule has 0 radical (unpaired) electrons. The van der Waals surface area contributed by atoms with E-state index in [2.05, 4.69) is 81.7 Å². The van der Waals surface area contributed by atoms with Crippen molar-refractivity contribution in [2.45, 2.75) is 31.8 Å². The molecule has 1 aromatic heterocycles. The molecule has 0 spiro atoms. The molecule has 0 aliphatic heterocycles.